The van der Waals surface area contributed by atoms with E-state index in [1.54, 1.807) is 6.92 Å². The Morgan fingerprint density at radius 3 is 2.00 bits per heavy atom. The van der Waals surface area contributed by atoms with Crippen molar-refractivity contribution in [2.24, 2.45) is 0 Å². The molecule has 7 nitrogen and oxygen atoms in total. The molecule has 0 saturated heterocycles. The van der Waals surface area contributed by atoms with Crippen LogP contribution in [0.3, 0.4) is 0 Å². The average molecular weight is 192 g/mol. The summed E-state index contributed by atoms with van der Waals surface area (Å²) in [5, 5.41) is 29.5. The molecule has 0 aliphatic carbocycles. The molecular formula is C6H12N2O5. The lowest BCUT2D eigenvalue weighted by Gasteiger charge is -2.13. The summed E-state index contributed by atoms with van der Waals surface area (Å²) < 4.78 is 0. The van der Waals surface area contributed by atoms with Crippen LogP contribution in [0.4, 0.5) is 0 Å². The summed E-state index contributed by atoms with van der Waals surface area (Å²) >= 11 is 0. The molecule has 0 bridgehead atoms. The number of nitrogens with zero attached hydrogens (tertiary/aromatic N) is 2. The standard InChI is InChI=1S/C6H12N2O5/c1-2-3-4-6(5-9,7(10)11)8(12)13/h9H,2-5H2,1H3. The van der Waals surface area contributed by atoms with Crippen molar-refractivity contribution < 1.29 is 15.0 Å². The lowest BCUT2D eigenvalue weighted by Crippen LogP contribution is -2.49. The molecule has 0 unspecified atom stereocenters. The molecule has 0 rings (SSSR count). The van der Waals surface area contributed by atoms with Crippen LogP contribution in [0.25, 0.3) is 0 Å². The number of nitro groups is 2. The van der Waals surface area contributed by atoms with Crippen molar-refractivity contribution in [3.8, 4) is 0 Å². The fraction of sp³-hybridized carbons (Fsp3) is 1.00. The largest absolute Gasteiger partial charge is 0.480 e. The van der Waals surface area contributed by atoms with Crippen LogP contribution in [0.2, 0.25) is 0 Å². The summed E-state index contributed by atoms with van der Waals surface area (Å²) in [7, 11) is 0. The van der Waals surface area contributed by atoms with Crippen molar-refractivity contribution >= 4 is 0 Å². The fourth-order valence-electron chi connectivity index (χ4n) is 0.904. The number of aliphatic hydroxyl groups is 1. The van der Waals surface area contributed by atoms with Gasteiger partial charge in [0.25, 0.3) is 0 Å². The molecule has 0 heterocycles. The predicted molar refractivity (Wildman–Crippen MR) is 43.3 cm³/mol. The quantitative estimate of drug-likeness (QED) is 0.372. The lowest BCUT2D eigenvalue weighted by atomic mass is 10.1. The van der Waals surface area contributed by atoms with Crippen molar-refractivity contribution in [1.82, 2.24) is 0 Å². The van der Waals surface area contributed by atoms with Crippen LogP contribution in [-0.4, -0.2) is 27.2 Å². The molecule has 0 spiro atoms. The van der Waals surface area contributed by atoms with E-state index in [1.807, 2.05) is 0 Å². The van der Waals surface area contributed by atoms with E-state index in [2.05, 4.69) is 0 Å². The Kier molecular flexibility index (Phi) is 4.26. The minimum absolute atomic E-state index is 0.236. The smallest absolute Gasteiger partial charge is 0.382 e. The Bertz CT molecular complexity index is 191. The van der Waals surface area contributed by atoms with Crippen LogP contribution in [-0.2, 0) is 0 Å². The van der Waals surface area contributed by atoms with Crippen LogP contribution in [0, 0.1) is 20.2 Å². The summed E-state index contributed by atoms with van der Waals surface area (Å²) in [5.74, 6) is 0. The third-order valence-corrected chi connectivity index (χ3v) is 1.86. The summed E-state index contributed by atoms with van der Waals surface area (Å²) in [6.45, 7) is 0.703. The van der Waals surface area contributed by atoms with Crippen LogP contribution < -0.4 is 0 Å². The first-order chi connectivity index (χ1) is 6.01. The topological polar surface area (TPSA) is 107 Å². The first-order valence-electron chi connectivity index (χ1n) is 3.91. The minimum Gasteiger partial charge on any atom is -0.382 e. The van der Waals surface area contributed by atoms with Gasteiger partial charge >= 0.3 is 5.66 Å². The molecule has 76 valence electrons. The van der Waals surface area contributed by atoms with Crippen molar-refractivity contribution in [1.29, 1.82) is 0 Å². The molecule has 0 radical (unpaired) electrons. The zero-order chi connectivity index (χ0) is 10.5. The summed E-state index contributed by atoms with van der Waals surface area (Å²) in [4.78, 5) is 18.8. The lowest BCUT2D eigenvalue weighted by molar-refractivity contribution is -0.799. The van der Waals surface area contributed by atoms with Gasteiger partial charge in [0.15, 0.2) is 6.61 Å². The van der Waals surface area contributed by atoms with Crippen LogP contribution in [0.5, 0.6) is 0 Å². The Hall–Kier alpha value is -1.24. The highest BCUT2D eigenvalue weighted by molar-refractivity contribution is 4.65. The normalized spacial score (nSPS) is 11.2. The first-order valence-corrected chi connectivity index (χ1v) is 3.91. The summed E-state index contributed by atoms with van der Waals surface area (Å²) in [6.07, 6.45) is 0.728. The van der Waals surface area contributed by atoms with Crippen LogP contribution in [0.15, 0.2) is 0 Å². The molecule has 0 aliphatic rings. The maximum absolute atomic E-state index is 10.4. The van der Waals surface area contributed by atoms with Gasteiger partial charge in [-0.15, -0.1) is 0 Å². The third-order valence-electron chi connectivity index (χ3n) is 1.86. The molecular weight excluding hydrogens is 180 g/mol. The Morgan fingerprint density at radius 2 is 1.77 bits per heavy atom. The molecule has 1 N–H and O–H groups in total. The van der Waals surface area contributed by atoms with Gasteiger partial charge in [-0.05, 0) is 6.42 Å². The number of rotatable bonds is 6. The van der Waals surface area contributed by atoms with Gasteiger partial charge in [-0.1, -0.05) is 13.3 Å². The molecule has 0 aromatic rings. The number of unbranched alkanes of at least 4 members (excludes halogenated alkanes) is 1. The third kappa shape index (κ3) is 2.35. The highest BCUT2D eigenvalue weighted by Crippen LogP contribution is 2.18. The van der Waals surface area contributed by atoms with Gasteiger partial charge in [0, 0.05) is 0 Å². The van der Waals surface area contributed by atoms with Crippen molar-refractivity contribution in [2.45, 2.75) is 31.8 Å². The Morgan fingerprint density at radius 1 is 1.31 bits per heavy atom. The molecule has 0 aromatic heterocycles. The SMILES string of the molecule is CCCCC(CO)([N+](=O)[O-])[N+](=O)[O-]. The van der Waals surface area contributed by atoms with Crippen LogP contribution >= 0.6 is 0 Å². The van der Waals surface area contributed by atoms with E-state index in [9.17, 15) is 20.2 Å². The molecule has 0 aliphatic heterocycles. The summed E-state index contributed by atoms with van der Waals surface area (Å²) in [6, 6.07) is 0. The second-order valence-corrected chi connectivity index (χ2v) is 2.76. The minimum atomic E-state index is -2.41. The van der Waals surface area contributed by atoms with Crippen molar-refractivity contribution in [3.63, 3.8) is 0 Å². The number of hydrogen-bond donors (Lipinski definition) is 1. The maximum atomic E-state index is 10.4. The Balaban J connectivity index is 4.66. The second kappa shape index (κ2) is 4.70. The monoisotopic (exact) mass is 192 g/mol. The van der Waals surface area contributed by atoms with E-state index in [1.165, 1.54) is 0 Å². The van der Waals surface area contributed by atoms with Gasteiger partial charge in [-0.25, -0.2) is 0 Å². The van der Waals surface area contributed by atoms with E-state index >= 15 is 0 Å². The zero-order valence-corrected chi connectivity index (χ0v) is 7.30. The predicted octanol–water partition coefficient (Wildman–Crippen LogP) is 0.419. The van der Waals surface area contributed by atoms with E-state index < -0.39 is 22.1 Å². The molecule has 0 aromatic carbocycles. The molecule has 0 saturated carbocycles. The highest BCUT2D eigenvalue weighted by Gasteiger charge is 2.54. The second-order valence-electron chi connectivity index (χ2n) is 2.76. The van der Waals surface area contributed by atoms with E-state index in [0.717, 1.165) is 0 Å². The zero-order valence-electron chi connectivity index (χ0n) is 7.30. The first kappa shape index (κ1) is 11.8. The van der Waals surface area contributed by atoms with E-state index in [4.69, 9.17) is 5.11 Å². The maximum Gasteiger partial charge on any atom is 0.480 e. The summed E-state index contributed by atoms with van der Waals surface area (Å²) in [5.41, 5.74) is -2.41. The average Bonchev–Trinajstić information content (AvgIpc) is 2.05. The number of hydrogen-bond acceptors (Lipinski definition) is 5. The van der Waals surface area contributed by atoms with Gasteiger partial charge in [-0.2, -0.15) is 0 Å². The number of aliphatic hydroxyl groups excluding tert-OH is 1. The highest BCUT2D eigenvalue weighted by atomic mass is 16.7. The van der Waals surface area contributed by atoms with E-state index in [-0.39, 0.29) is 6.42 Å². The molecule has 0 fully saturated rings. The van der Waals surface area contributed by atoms with Crippen molar-refractivity contribution in [3.05, 3.63) is 20.2 Å². The Labute approximate surface area is 74.7 Å². The molecule has 0 atom stereocenters. The van der Waals surface area contributed by atoms with Gasteiger partial charge in [0.1, 0.15) is 9.85 Å². The molecule has 7 heteroatoms. The van der Waals surface area contributed by atoms with Crippen molar-refractivity contribution in [2.75, 3.05) is 6.61 Å². The van der Waals surface area contributed by atoms with Gasteiger partial charge in [0.2, 0.25) is 0 Å². The van der Waals surface area contributed by atoms with Gasteiger partial charge < -0.3 is 5.11 Å². The van der Waals surface area contributed by atoms with Gasteiger partial charge in [0.05, 0.1) is 6.42 Å². The molecule has 0 amide bonds. The molecule has 13 heavy (non-hydrogen) atoms. The fourth-order valence-corrected chi connectivity index (χ4v) is 0.904. The van der Waals surface area contributed by atoms with Crippen LogP contribution in [0.1, 0.15) is 26.2 Å². The van der Waals surface area contributed by atoms with E-state index in [0.29, 0.717) is 12.8 Å². The van der Waals surface area contributed by atoms with Gasteiger partial charge in [-0.3, -0.25) is 20.2 Å².